The van der Waals surface area contributed by atoms with Gasteiger partial charge in [0.25, 0.3) is 0 Å². The van der Waals surface area contributed by atoms with Gasteiger partial charge in [-0.25, -0.2) is 0 Å². The maximum atomic E-state index is 12.2. The number of β-amino-alcohol motifs (C(OH)–C–C–N with tert-alkyl or cyclic N) is 1. The topological polar surface area (TPSA) is 53.0 Å². The van der Waals surface area contributed by atoms with Crippen molar-refractivity contribution in [3.05, 3.63) is 59.7 Å². The largest absolute Gasteiger partial charge is 0.490 e. The van der Waals surface area contributed by atoms with Gasteiger partial charge in [0.2, 0.25) is 5.91 Å². The highest BCUT2D eigenvalue weighted by Gasteiger charge is 2.26. The molecule has 1 amide bonds. The van der Waals surface area contributed by atoms with E-state index < -0.39 is 6.10 Å². The van der Waals surface area contributed by atoms with E-state index in [0.29, 0.717) is 25.9 Å². The highest BCUT2D eigenvalue weighted by molar-refractivity contribution is 5.96. The summed E-state index contributed by atoms with van der Waals surface area (Å²) in [4.78, 5) is 16.3. The third kappa shape index (κ3) is 5.46. The van der Waals surface area contributed by atoms with E-state index in [4.69, 9.17) is 4.74 Å². The van der Waals surface area contributed by atoms with E-state index >= 15 is 0 Å². The summed E-state index contributed by atoms with van der Waals surface area (Å²) in [6.45, 7) is 5.64. The zero-order valence-corrected chi connectivity index (χ0v) is 18.5. The zero-order valence-electron chi connectivity index (χ0n) is 18.5. The normalized spacial score (nSPS) is 18.6. The summed E-state index contributed by atoms with van der Waals surface area (Å²) in [5, 5.41) is 10.6. The van der Waals surface area contributed by atoms with Crippen LogP contribution in [0.4, 0.5) is 5.69 Å². The molecule has 166 valence electrons. The average molecular weight is 423 g/mol. The molecule has 1 atom stereocenters. The summed E-state index contributed by atoms with van der Waals surface area (Å²) in [5.74, 6) is 1.69. The fourth-order valence-electron chi connectivity index (χ4n) is 4.90. The Morgan fingerprint density at radius 3 is 2.58 bits per heavy atom. The van der Waals surface area contributed by atoms with Crippen LogP contribution in [0.1, 0.15) is 37.3 Å². The minimum atomic E-state index is -0.519. The van der Waals surface area contributed by atoms with Crippen molar-refractivity contribution in [3.63, 3.8) is 0 Å². The number of likely N-dealkylation sites (tertiary alicyclic amines) is 1. The number of piperidine rings is 1. The Morgan fingerprint density at radius 2 is 1.84 bits per heavy atom. The molecule has 0 aromatic heterocycles. The molecule has 5 heteroatoms. The lowest BCUT2D eigenvalue weighted by Gasteiger charge is -2.33. The van der Waals surface area contributed by atoms with Crippen LogP contribution in [-0.2, 0) is 17.6 Å². The SMILES string of the molecule is CCN1C(=O)CCc2c(OCC(O)CN3CCC(Cc4ccccc4)CC3)cccc21. The lowest BCUT2D eigenvalue weighted by atomic mass is 9.90. The van der Waals surface area contributed by atoms with Gasteiger partial charge in [0, 0.05) is 25.1 Å². The van der Waals surface area contributed by atoms with Crippen LogP contribution in [0.5, 0.6) is 5.75 Å². The second-order valence-corrected chi connectivity index (χ2v) is 8.79. The molecule has 2 heterocycles. The van der Waals surface area contributed by atoms with Gasteiger partial charge in [-0.1, -0.05) is 36.4 Å². The number of ether oxygens (including phenoxy) is 1. The maximum absolute atomic E-state index is 12.2. The van der Waals surface area contributed by atoms with Gasteiger partial charge in [0.1, 0.15) is 18.5 Å². The molecule has 0 spiro atoms. The molecular weight excluding hydrogens is 388 g/mol. The summed E-state index contributed by atoms with van der Waals surface area (Å²) >= 11 is 0. The van der Waals surface area contributed by atoms with Crippen molar-refractivity contribution in [2.24, 2.45) is 5.92 Å². The lowest BCUT2D eigenvalue weighted by Crippen LogP contribution is -2.41. The Morgan fingerprint density at radius 1 is 1.06 bits per heavy atom. The van der Waals surface area contributed by atoms with Gasteiger partial charge in [-0.15, -0.1) is 0 Å². The van der Waals surface area contributed by atoms with Crippen molar-refractivity contribution in [1.29, 1.82) is 0 Å². The van der Waals surface area contributed by atoms with Crippen LogP contribution < -0.4 is 9.64 Å². The number of fused-ring (bicyclic) bond motifs is 1. The average Bonchev–Trinajstić information content (AvgIpc) is 2.79. The number of aliphatic hydroxyl groups is 1. The predicted octanol–water partition coefficient (Wildman–Crippen LogP) is 3.68. The maximum Gasteiger partial charge on any atom is 0.227 e. The van der Waals surface area contributed by atoms with Crippen LogP contribution in [-0.4, -0.2) is 54.8 Å². The molecule has 0 bridgehead atoms. The van der Waals surface area contributed by atoms with Gasteiger partial charge < -0.3 is 19.6 Å². The van der Waals surface area contributed by atoms with E-state index in [1.54, 1.807) is 0 Å². The molecule has 2 aromatic rings. The summed E-state index contributed by atoms with van der Waals surface area (Å²) in [6, 6.07) is 16.6. The Bertz CT molecular complexity index is 862. The van der Waals surface area contributed by atoms with Crippen LogP contribution >= 0.6 is 0 Å². The van der Waals surface area contributed by atoms with Crippen molar-refractivity contribution in [1.82, 2.24) is 4.90 Å². The molecule has 1 saturated heterocycles. The van der Waals surface area contributed by atoms with Gasteiger partial charge in [0.05, 0.1) is 5.69 Å². The Kier molecular flexibility index (Phi) is 7.25. The highest BCUT2D eigenvalue weighted by atomic mass is 16.5. The van der Waals surface area contributed by atoms with Crippen molar-refractivity contribution in [2.45, 2.75) is 45.1 Å². The molecule has 1 fully saturated rings. The van der Waals surface area contributed by atoms with E-state index in [2.05, 4.69) is 35.2 Å². The van der Waals surface area contributed by atoms with E-state index in [1.165, 1.54) is 18.4 Å². The number of hydrogen-bond acceptors (Lipinski definition) is 4. The fourth-order valence-corrected chi connectivity index (χ4v) is 4.90. The molecule has 2 aromatic carbocycles. The van der Waals surface area contributed by atoms with E-state index in [-0.39, 0.29) is 12.5 Å². The first-order valence-corrected chi connectivity index (χ1v) is 11.6. The minimum Gasteiger partial charge on any atom is -0.490 e. The standard InChI is InChI=1S/C26H34N2O3/c1-2-28-24-9-6-10-25(23(24)11-12-26(28)30)31-19-22(29)18-27-15-13-21(14-16-27)17-20-7-4-3-5-8-20/h3-10,21-22,29H,2,11-19H2,1H3. The fraction of sp³-hybridized carbons (Fsp3) is 0.500. The first kappa shape index (κ1) is 21.8. The number of benzene rings is 2. The molecule has 0 saturated carbocycles. The predicted molar refractivity (Wildman–Crippen MR) is 124 cm³/mol. The minimum absolute atomic E-state index is 0.169. The third-order valence-electron chi connectivity index (χ3n) is 6.58. The molecule has 31 heavy (non-hydrogen) atoms. The quantitative estimate of drug-likeness (QED) is 0.705. The van der Waals surface area contributed by atoms with Gasteiger partial charge in [-0.2, -0.15) is 0 Å². The molecule has 2 aliphatic heterocycles. The molecule has 1 N–H and O–H groups in total. The van der Waals surface area contributed by atoms with Crippen LogP contribution in [0.25, 0.3) is 0 Å². The number of amides is 1. The molecule has 4 rings (SSSR count). The van der Waals surface area contributed by atoms with Crippen LogP contribution in [0, 0.1) is 5.92 Å². The third-order valence-corrected chi connectivity index (χ3v) is 6.58. The number of aliphatic hydroxyl groups excluding tert-OH is 1. The van der Waals surface area contributed by atoms with Crippen LogP contribution in [0.2, 0.25) is 0 Å². The van der Waals surface area contributed by atoms with Gasteiger partial charge in [0.15, 0.2) is 0 Å². The van der Waals surface area contributed by atoms with Crippen LogP contribution in [0.15, 0.2) is 48.5 Å². The van der Waals surface area contributed by atoms with Crippen LogP contribution in [0.3, 0.4) is 0 Å². The molecule has 0 aliphatic carbocycles. The molecule has 5 nitrogen and oxygen atoms in total. The number of nitrogens with zero attached hydrogens (tertiary/aromatic N) is 2. The first-order chi connectivity index (χ1) is 15.1. The highest BCUT2D eigenvalue weighted by Crippen LogP contribution is 2.34. The van der Waals surface area contributed by atoms with E-state index in [1.807, 2.05) is 30.0 Å². The van der Waals surface area contributed by atoms with Crippen molar-refractivity contribution < 1.29 is 14.6 Å². The summed E-state index contributed by atoms with van der Waals surface area (Å²) in [6.07, 6.45) is 4.20. The van der Waals surface area contributed by atoms with Crippen molar-refractivity contribution >= 4 is 11.6 Å². The number of carbonyl (C=O) groups excluding carboxylic acids is 1. The van der Waals surface area contributed by atoms with E-state index in [9.17, 15) is 9.90 Å². The van der Waals surface area contributed by atoms with Crippen molar-refractivity contribution in [2.75, 3.05) is 37.7 Å². The second-order valence-electron chi connectivity index (χ2n) is 8.79. The molecule has 2 aliphatic rings. The van der Waals surface area contributed by atoms with Crippen molar-refractivity contribution in [3.8, 4) is 5.75 Å². The lowest BCUT2D eigenvalue weighted by molar-refractivity contribution is -0.118. The van der Waals surface area contributed by atoms with E-state index in [0.717, 1.165) is 42.4 Å². The number of carbonyl (C=O) groups is 1. The zero-order chi connectivity index (χ0) is 21.6. The van der Waals surface area contributed by atoms with Gasteiger partial charge in [-0.05, 0) is 69.3 Å². The van der Waals surface area contributed by atoms with Gasteiger partial charge in [-0.3, -0.25) is 4.79 Å². The Hall–Kier alpha value is -2.37. The molecule has 1 unspecified atom stereocenters. The first-order valence-electron chi connectivity index (χ1n) is 11.6. The summed E-state index contributed by atoms with van der Waals surface area (Å²) in [7, 11) is 0. The summed E-state index contributed by atoms with van der Waals surface area (Å²) in [5.41, 5.74) is 3.45. The smallest absolute Gasteiger partial charge is 0.227 e. The second kappa shape index (κ2) is 10.3. The van der Waals surface area contributed by atoms with Gasteiger partial charge >= 0.3 is 0 Å². The summed E-state index contributed by atoms with van der Waals surface area (Å²) < 4.78 is 6.02. The monoisotopic (exact) mass is 422 g/mol. The Balaban J connectivity index is 1.25. The molecule has 0 radical (unpaired) electrons. The number of rotatable bonds is 8. The number of hydrogen-bond donors (Lipinski definition) is 1. The number of anilines is 1. The molecular formula is C26H34N2O3. The Labute approximate surface area is 185 Å².